The van der Waals surface area contributed by atoms with Crippen LogP contribution in [-0.2, 0) is 4.79 Å². The molecule has 2 saturated carbocycles. The van der Waals surface area contributed by atoms with Crippen molar-refractivity contribution < 1.29 is 4.79 Å². The molecule has 1 atom stereocenters. The molecule has 2 aliphatic carbocycles. The predicted molar refractivity (Wildman–Crippen MR) is 67.5 cm³/mol. The molecule has 0 aromatic carbocycles. The van der Waals surface area contributed by atoms with Gasteiger partial charge in [-0.1, -0.05) is 26.7 Å². The van der Waals surface area contributed by atoms with Gasteiger partial charge in [0.1, 0.15) is 0 Å². The lowest BCUT2D eigenvalue weighted by Crippen LogP contribution is -2.42. The molecular weight excluding hydrogens is 212 g/mol. The standard InChI is InChI=1S/C14H24N2O/c1-3-11-15-14(8-9-14)12(17)16(11)10-13(2)6-4-5-7-13/h11,15H,3-10H2,1-2H3. The molecule has 3 heteroatoms. The highest BCUT2D eigenvalue weighted by molar-refractivity contribution is 5.91. The van der Waals surface area contributed by atoms with Crippen molar-refractivity contribution in [2.45, 2.75) is 70.5 Å². The van der Waals surface area contributed by atoms with Crippen LogP contribution < -0.4 is 5.32 Å². The second-order valence-corrected chi connectivity index (χ2v) is 6.60. The van der Waals surface area contributed by atoms with E-state index in [2.05, 4.69) is 24.1 Å². The molecule has 0 bridgehead atoms. The van der Waals surface area contributed by atoms with Gasteiger partial charge in [0.05, 0.1) is 11.7 Å². The van der Waals surface area contributed by atoms with E-state index >= 15 is 0 Å². The van der Waals surface area contributed by atoms with Crippen LogP contribution in [0.1, 0.15) is 58.8 Å². The lowest BCUT2D eigenvalue weighted by molar-refractivity contribution is -0.132. The topological polar surface area (TPSA) is 32.3 Å². The fraction of sp³-hybridized carbons (Fsp3) is 0.929. The van der Waals surface area contributed by atoms with Crippen molar-refractivity contribution in [1.82, 2.24) is 10.2 Å². The number of amides is 1. The van der Waals surface area contributed by atoms with Crippen LogP contribution in [0.25, 0.3) is 0 Å². The molecule has 3 aliphatic rings. The Kier molecular flexibility index (Phi) is 2.51. The van der Waals surface area contributed by atoms with Crippen LogP contribution in [0.15, 0.2) is 0 Å². The van der Waals surface area contributed by atoms with E-state index in [1.54, 1.807) is 0 Å². The van der Waals surface area contributed by atoms with E-state index in [9.17, 15) is 4.79 Å². The number of nitrogens with one attached hydrogen (secondary N) is 1. The van der Waals surface area contributed by atoms with E-state index < -0.39 is 0 Å². The van der Waals surface area contributed by atoms with Crippen molar-refractivity contribution in [3.63, 3.8) is 0 Å². The van der Waals surface area contributed by atoms with Crippen molar-refractivity contribution in [2.75, 3.05) is 6.54 Å². The quantitative estimate of drug-likeness (QED) is 0.815. The van der Waals surface area contributed by atoms with Crippen LogP contribution in [0, 0.1) is 5.41 Å². The SMILES string of the molecule is CCC1NC2(CC2)C(=O)N1CC1(C)CCCC1. The predicted octanol–water partition coefficient (Wildman–Crippen LogP) is 2.27. The zero-order chi connectivity index (χ0) is 12.1. The average Bonchev–Trinajstić information content (AvgIpc) is 2.91. The lowest BCUT2D eigenvalue weighted by atomic mass is 9.88. The number of hydrogen-bond acceptors (Lipinski definition) is 2. The zero-order valence-corrected chi connectivity index (χ0v) is 11.1. The lowest BCUT2D eigenvalue weighted by Gasteiger charge is -2.33. The van der Waals surface area contributed by atoms with E-state index in [-0.39, 0.29) is 5.54 Å². The molecule has 1 saturated heterocycles. The third-order valence-electron chi connectivity index (χ3n) is 4.99. The molecule has 17 heavy (non-hydrogen) atoms. The van der Waals surface area contributed by atoms with Crippen molar-refractivity contribution in [3.05, 3.63) is 0 Å². The first kappa shape index (κ1) is 11.5. The van der Waals surface area contributed by atoms with E-state index in [4.69, 9.17) is 0 Å². The summed E-state index contributed by atoms with van der Waals surface area (Å²) in [6, 6.07) is 0. The van der Waals surface area contributed by atoms with Gasteiger partial charge < -0.3 is 4.90 Å². The molecule has 0 aromatic heterocycles. The maximum absolute atomic E-state index is 12.5. The average molecular weight is 236 g/mol. The van der Waals surface area contributed by atoms with Gasteiger partial charge in [-0.25, -0.2) is 0 Å². The summed E-state index contributed by atoms with van der Waals surface area (Å²) in [5, 5.41) is 3.56. The van der Waals surface area contributed by atoms with Gasteiger partial charge in [-0.3, -0.25) is 10.1 Å². The normalized spacial score (nSPS) is 33.6. The number of rotatable bonds is 3. The minimum Gasteiger partial charge on any atom is -0.325 e. The molecular formula is C14H24N2O. The van der Waals surface area contributed by atoms with Crippen LogP contribution in [0.4, 0.5) is 0 Å². The Morgan fingerprint density at radius 1 is 1.29 bits per heavy atom. The third-order valence-corrected chi connectivity index (χ3v) is 4.99. The molecule has 3 fully saturated rings. The van der Waals surface area contributed by atoms with Gasteiger partial charge >= 0.3 is 0 Å². The summed E-state index contributed by atoms with van der Waals surface area (Å²) in [7, 11) is 0. The van der Waals surface area contributed by atoms with Gasteiger partial charge in [0, 0.05) is 6.54 Å². The Hall–Kier alpha value is -0.570. The Labute approximate surface area is 104 Å². The summed E-state index contributed by atoms with van der Waals surface area (Å²) < 4.78 is 0. The van der Waals surface area contributed by atoms with Gasteiger partial charge in [-0.05, 0) is 37.5 Å². The van der Waals surface area contributed by atoms with E-state index in [1.165, 1.54) is 25.7 Å². The van der Waals surface area contributed by atoms with E-state index in [0.717, 1.165) is 25.8 Å². The second kappa shape index (κ2) is 3.71. The van der Waals surface area contributed by atoms with Crippen molar-refractivity contribution >= 4 is 5.91 Å². The number of hydrogen-bond donors (Lipinski definition) is 1. The highest BCUT2D eigenvalue weighted by Crippen LogP contribution is 2.45. The first-order valence-electron chi connectivity index (χ1n) is 7.17. The van der Waals surface area contributed by atoms with Crippen LogP contribution in [0.5, 0.6) is 0 Å². The van der Waals surface area contributed by atoms with Crippen molar-refractivity contribution in [2.24, 2.45) is 5.41 Å². The summed E-state index contributed by atoms with van der Waals surface area (Å²) >= 11 is 0. The molecule has 96 valence electrons. The Morgan fingerprint density at radius 3 is 2.47 bits per heavy atom. The van der Waals surface area contributed by atoms with Gasteiger partial charge in [-0.2, -0.15) is 0 Å². The minimum atomic E-state index is -0.129. The summed E-state index contributed by atoms with van der Waals surface area (Å²) in [4.78, 5) is 14.6. The molecule has 3 nitrogen and oxygen atoms in total. The van der Waals surface area contributed by atoms with E-state index in [1.807, 2.05) is 0 Å². The van der Waals surface area contributed by atoms with E-state index in [0.29, 0.717) is 17.5 Å². The smallest absolute Gasteiger partial charge is 0.244 e. The summed E-state index contributed by atoms with van der Waals surface area (Å²) in [6.07, 6.45) is 8.69. The summed E-state index contributed by atoms with van der Waals surface area (Å²) in [6.45, 7) is 5.51. The van der Waals surface area contributed by atoms with Crippen LogP contribution >= 0.6 is 0 Å². The van der Waals surface area contributed by atoms with Gasteiger partial charge in [0.25, 0.3) is 0 Å². The van der Waals surface area contributed by atoms with Crippen LogP contribution in [-0.4, -0.2) is 29.1 Å². The molecule has 0 radical (unpaired) electrons. The Morgan fingerprint density at radius 2 is 1.94 bits per heavy atom. The number of carbonyl (C=O) groups excluding carboxylic acids is 1. The third kappa shape index (κ3) is 1.79. The first-order chi connectivity index (χ1) is 8.09. The molecule has 1 N–H and O–H groups in total. The molecule has 1 unspecified atom stereocenters. The molecule has 1 amide bonds. The molecule has 1 heterocycles. The monoisotopic (exact) mass is 236 g/mol. The van der Waals surface area contributed by atoms with Gasteiger partial charge in [0.2, 0.25) is 5.91 Å². The molecule has 3 rings (SSSR count). The second-order valence-electron chi connectivity index (χ2n) is 6.60. The fourth-order valence-corrected chi connectivity index (χ4v) is 3.66. The Balaban J connectivity index is 1.74. The maximum atomic E-state index is 12.5. The minimum absolute atomic E-state index is 0.129. The molecule has 1 spiro atoms. The van der Waals surface area contributed by atoms with Gasteiger partial charge in [-0.15, -0.1) is 0 Å². The first-order valence-corrected chi connectivity index (χ1v) is 7.17. The van der Waals surface area contributed by atoms with Crippen molar-refractivity contribution in [1.29, 1.82) is 0 Å². The molecule has 0 aromatic rings. The molecule has 1 aliphatic heterocycles. The highest BCUT2D eigenvalue weighted by Gasteiger charge is 2.59. The van der Waals surface area contributed by atoms with Crippen LogP contribution in [0.2, 0.25) is 0 Å². The summed E-state index contributed by atoms with van der Waals surface area (Å²) in [5.74, 6) is 0.387. The van der Waals surface area contributed by atoms with Gasteiger partial charge in [0.15, 0.2) is 0 Å². The number of carbonyl (C=O) groups is 1. The summed E-state index contributed by atoms with van der Waals surface area (Å²) in [5.41, 5.74) is 0.251. The Bertz CT molecular complexity index is 329. The number of nitrogens with zero attached hydrogens (tertiary/aromatic N) is 1. The maximum Gasteiger partial charge on any atom is 0.244 e. The fourth-order valence-electron chi connectivity index (χ4n) is 3.66. The largest absolute Gasteiger partial charge is 0.325 e. The highest BCUT2D eigenvalue weighted by atomic mass is 16.2. The van der Waals surface area contributed by atoms with Crippen molar-refractivity contribution in [3.8, 4) is 0 Å². The van der Waals surface area contributed by atoms with Crippen LogP contribution in [0.3, 0.4) is 0 Å². The zero-order valence-electron chi connectivity index (χ0n) is 11.1.